The Morgan fingerprint density at radius 2 is 2.25 bits per heavy atom. The molecule has 1 rings (SSSR count). The van der Waals surface area contributed by atoms with E-state index in [1.165, 1.54) is 0 Å². The highest BCUT2D eigenvalue weighted by molar-refractivity contribution is 9.10. The number of aryl methyl sites for hydroxylation is 1. The van der Waals surface area contributed by atoms with Crippen molar-refractivity contribution in [3.63, 3.8) is 0 Å². The number of amides is 1. The SMILES string of the molecule is Cc1cc(Br)oc1C(=O)NC(C)CC(=O)O. The van der Waals surface area contributed by atoms with Crippen molar-refractivity contribution in [2.45, 2.75) is 26.3 Å². The molecule has 6 heteroatoms. The molecule has 16 heavy (non-hydrogen) atoms. The van der Waals surface area contributed by atoms with Crippen molar-refractivity contribution < 1.29 is 19.1 Å². The molecular weight excluding hydrogens is 278 g/mol. The van der Waals surface area contributed by atoms with Crippen molar-refractivity contribution in [1.82, 2.24) is 5.32 Å². The molecule has 1 unspecified atom stereocenters. The third kappa shape index (κ3) is 3.37. The van der Waals surface area contributed by atoms with Gasteiger partial charge in [0.2, 0.25) is 0 Å². The monoisotopic (exact) mass is 289 g/mol. The molecule has 0 aliphatic heterocycles. The average molecular weight is 290 g/mol. The number of aliphatic carboxylic acids is 1. The fraction of sp³-hybridized carbons (Fsp3) is 0.400. The van der Waals surface area contributed by atoms with Gasteiger partial charge in [0.1, 0.15) is 0 Å². The molecule has 0 spiro atoms. The molecule has 88 valence electrons. The normalized spacial score (nSPS) is 12.2. The van der Waals surface area contributed by atoms with Gasteiger partial charge in [0.05, 0.1) is 6.42 Å². The molecule has 0 bridgehead atoms. The number of hydrogen-bond donors (Lipinski definition) is 2. The van der Waals surface area contributed by atoms with Gasteiger partial charge in [-0.3, -0.25) is 9.59 Å². The predicted molar refractivity (Wildman–Crippen MR) is 60.3 cm³/mol. The van der Waals surface area contributed by atoms with Gasteiger partial charge < -0.3 is 14.8 Å². The van der Waals surface area contributed by atoms with Crippen LogP contribution in [0.15, 0.2) is 15.2 Å². The maximum absolute atomic E-state index is 11.7. The van der Waals surface area contributed by atoms with Crippen LogP contribution in [0.25, 0.3) is 0 Å². The number of carbonyl (C=O) groups is 2. The Labute approximate surface area is 101 Å². The lowest BCUT2D eigenvalue weighted by molar-refractivity contribution is -0.137. The van der Waals surface area contributed by atoms with Crippen LogP contribution in [-0.4, -0.2) is 23.0 Å². The van der Waals surface area contributed by atoms with Gasteiger partial charge in [0.15, 0.2) is 10.4 Å². The summed E-state index contributed by atoms with van der Waals surface area (Å²) < 4.78 is 5.61. The molecule has 0 fully saturated rings. The molecule has 1 amide bonds. The minimum absolute atomic E-state index is 0.118. The molecule has 1 atom stereocenters. The van der Waals surface area contributed by atoms with Crippen LogP contribution in [0.3, 0.4) is 0 Å². The zero-order valence-electron chi connectivity index (χ0n) is 8.91. The van der Waals surface area contributed by atoms with Gasteiger partial charge in [0.25, 0.3) is 5.91 Å². The second-order valence-electron chi connectivity index (χ2n) is 3.54. The third-order valence-corrected chi connectivity index (χ3v) is 2.34. The highest BCUT2D eigenvalue weighted by atomic mass is 79.9. The number of hydrogen-bond acceptors (Lipinski definition) is 3. The maximum atomic E-state index is 11.7. The fourth-order valence-electron chi connectivity index (χ4n) is 1.27. The van der Waals surface area contributed by atoms with Crippen molar-refractivity contribution in [1.29, 1.82) is 0 Å². The molecule has 0 saturated carbocycles. The van der Waals surface area contributed by atoms with Crippen LogP contribution >= 0.6 is 15.9 Å². The molecular formula is C10H12BrNO4. The van der Waals surface area contributed by atoms with Crippen molar-refractivity contribution in [2.75, 3.05) is 0 Å². The van der Waals surface area contributed by atoms with Gasteiger partial charge in [-0.2, -0.15) is 0 Å². The number of rotatable bonds is 4. The highest BCUT2D eigenvalue weighted by Gasteiger charge is 2.18. The first-order valence-electron chi connectivity index (χ1n) is 4.68. The summed E-state index contributed by atoms with van der Waals surface area (Å²) in [4.78, 5) is 22.1. The van der Waals surface area contributed by atoms with E-state index in [0.717, 1.165) is 0 Å². The van der Waals surface area contributed by atoms with Gasteiger partial charge in [-0.25, -0.2) is 0 Å². The molecule has 1 aromatic heterocycles. The molecule has 2 N–H and O–H groups in total. The van der Waals surface area contributed by atoms with E-state index in [9.17, 15) is 9.59 Å². The lowest BCUT2D eigenvalue weighted by Crippen LogP contribution is -2.34. The molecule has 1 aromatic rings. The molecule has 0 saturated heterocycles. The van der Waals surface area contributed by atoms with E-state index in [-0.39, 0.29) is 12.2 Å². The van der Waals surface area contributed by atoms with E-state index in [2.05, 4.69) is 21.2 Å². The van der Waals surface area contributed by atoms with E-state index >= 15 is 0 Å². The van der Waals surface area contributed by atoms with Crippen molar-refractivity contribution in [3.8, 4) is 0 Å². The quantitative estimate of drug-likeness (QED) is 0.888. The number of nitrogens with one attached hydrogen (secondary N) is 1. The zero-order valence-corrected chi connectivity index (χ0v) is 10.5. The van der Waals surface area contributed by atoms with Crippen molar-refractivity contribution >= 4 is 27.8 Å². The number of halogens is 1. The van der Waals surface area contributed by atoms with E-state index in [1.54, 1.807) is 19.9 Å². The maximum Gasteiger partial charge on any atom is 0.305 e. The van der Waals surface area contributed by atoms with E-state index < -0.39 is 17.9 Å². The first-order valence-corrected chi connectivity index (χ1v) is 5.48. The summed E-state index contributed by atoms with van der Waals surface area (Å²) in [7, 11) is 0. The van der Waals surface area contributed by atoms with E-state index in [1.807, 2.05) is 0 Å². The number of carboxylic acids is 1. The summed E-state index contributed by atoms with van der Waals surface area (Å²) >= 11 is 3.12. The highest BCUT2D eigenvalue weighted by Crippen LogP contribution is 2.19. The number of carbonyl (C=O) groups excluding carboxylic acids is 1. The Morgan fingerprint density at radius 1 is 1.62 bits per heavy atom. The van der Waals surface area contributed by atoms with Gasteiger partial charge in [-0.15, -0.1) is 0 Å². The summed E-state index contributed by atoms with van der Waals surface area (Å²) in [5.41, 5.74) is 0.701. The van der Waals surface area contributed by atoms with Crippen molar-refractivity contribution in [3.05, 3.63) is 22.1 Å². The van der Waals surface area contributed by atoms with Crippen LogP contribution in [-0.2, 0) is 4.79 Å². The smallest absolute Gasteiger partial charge is 0.305 e. The van der Waals surface area contributed by atoms with E-state index in [4.69, 9.17) is 9.52 Å². The average Bonchev–Trinajstić information content (AvgIpc) is 2.43. The second-order valence-corrected chi connectivity index (χ2v) is 4.32. The standard InChI is InChI=1S/C10H12BrNO4/c1-5-3-7(11)16-9(5)10(15)12-6(2)4-8(13)14/h3,6H,4H2,1-2H3,(H,12,15)(H,13,14). The Balaban J connectivity index is 2.65. The lowest BCUT2D eigenvalue weighted by Gasteiger charge is -2.10. The Morgan fingerprint density at radius 3 is 2.69 bits per heavy atom. The summed E-state index contributed by atoms with van der Waals surface area (Å²) in [6.45, 7) is 3.37. The Kier molecular flexibility index (Phi) is 4.12. The topological polar surface area (TPSA) is 79.5 Å². The molecule has 0 aromatic carbocycles. The van der Waals surface area contributed by atoms with Crippen LogP contribution in [0.4, 0.5) is 0 Å². The molecule has 0 aliphatic carbocycles. The van der Waals surface area contributed by atoms with Crippen LogP contribution < -0.4 is 5.32 Å². The third-order valence-electron chi connectivity index (χ3n) is 1.95. The summed E-state index contributed by atoms with van der Waals surface area (Å²) in [5, 5.41) is 11.1. The predicted octanol–water partition coefficient (Wildman–Crippen LogP) is 1.94. The molecule has 0 radical (unpaired) electrons. The van der Waals surface area contributed by atoms with Crippen LogP contribution in [0.1, 0.15) is 29.5 Å². The first kappa shape index (κ1) is 12.8. The molecule has 5 nitrogen and oxygen atoms in total. The lowest BCUT2D eigenvalue weighted by atomic mass is 10.2. The molecule has 0 aliphatic rings. The zero-order chi connectivity index (χ0) is 12.3. The van der Waals surface area contributed by atoms with Crippen LogP contribution in [0.2, 0.25) is 0 Å². The fourth-order valence-corrected chi connectivity index (χ4v) is 1.78. The van der Waals surface area contributed by atoms with Gasteiger partial charge in [-0.1, -0.05) is 0 Å². The van der Waals surface area contributed by atoms with Crippen LogP contribution in [0.5, 0.6) is 0 Å². The molecule has 1 heterocycles. The largest absolute Gasteiger partial charge is 0.481 e. The van der Waals surface area contributed by atoms with E-state index in [0.29, 0.717) is 10.2 Å². The first-order chi connectivity index (χ1) is 7.40. The number of carboxylic acid groups (broad SMARTS) is 1. The van der Waals surface area contributed by atoms with Crippen molar-refractivity contribution in [2.24, 2.45) is 0 Å². The Hall–Kier alpha value is -1.30. The number of furan rings is 1. The summed E-state index contributed by atoms with van der Waals surface area (Å²) in [5.74, 6) is -1.16. The minimum Gasteiger partial charge on any atom is -0.481 e. The van der Waals surface area contributed by atoms with Crippen LogP contribution in [0, 0.1) is 6.92 Å². The Bertz CT molecular complexity index is 413. The summed E-state index contributed by atoms with van der Waals surface area (Å²) in [6, 6.07) is 1.24. The van der Waals surface area contributed by atoms with Gasteiger partial charge in [0, 0.05) is 11.6 Å². The minimum atomic E-state index is -0.954. The van der Waals surface area contributed by atoms with Gasteiger partial charge in [-0.05, 0) is 35.8 Å². The van der Waals surface area contributed by atoms with Gasteiger partial charge >= 0.3 is 5.97 Å². The summed E-state index contributed by atoms with van der Waals surface area (Å²) in [6.07, 6.45) is -0.118. The second kappa shape index (κ2) is 5.16.